The van der Waals surface area contributed by atoms with Gasteiger partial charge in [0, 0.05) is 6.54 Å². The van der Waals surface area contributed by atoms with Gasteiger partial charge < -0.3 is 5.32 Å². The van der Waals surface area contributed by atoms with Crippen LogP contribution in [0.25, 0.3) is 10.2 Å². The van der Waals surface area contributed by atoms with Crippen LogP contribution in [0.4, 0.5) is 0 Å². The van der Waals surface area contributed by atoms with Crippen LogP contribution < -0.4 is 5.32 Å². The summed E-state index contributed by atoms with van der Waals surface area (Å²) in [5, 5.41) is 4.52. The molecule has 0 saturated heterocycles. The van der Waals surface area contributed by atoms with E-state index in [0.717, 1.165) is 17.1 Å². The van der Waals surface area contributed by atoms with E-state index in [9.17, 15) is 0 Å². The maximum atomic E-state index is 4.53. The van der Waals surface area contributed by atoms with E-state index < -0.39 is 0 Å². The summed E-state index contributed by atoms with van der Waals surface area (Å²) in [7, 11) is 2.07. The molecular formula is C15H20N2S. The van der Waals surface area contributed by atoms with Crippen molar-refractivity contribution < 1.29 is 0 Å². The number of hydrogen-bond donors (Lipinski definition) is 1. The monoisotopic (exact) mass is 260 g/mol. The van der Waals surface area contributed by atoms with Gasteiger partial charge in [-0.1, -0.05) is 12.5 Å². The van der Waals surface area contributed by atoms with Crippen LogP contribution in [0.2, 0.25) is 0 Å². The molecule has 18 heavy (non-hydrogen) atoms. The minimum atomic E-state index is 0.516. The maximum Gasteiger partial charge on any atom is 0.0907 e. The summed E-state index contributed by atoms with van der Waals surface area (Å²) in [5.41, 5.74) is 3.14. The smallest absolute Gasteiger partial charge is 0.0907 e. The molecule has 0 bridgehead atoms. The first kappa shape index (κ1) is 12.1. The second-order valence-electron chi connectivity index (χ2n) is 5.60. The zero-order valence-electron chi connectivity index (χ0n) is 11.1. The van der Waals surface area contributed by atoms with Gasteiger partial charge in [-0.3, -0.25) is 0 Å². The molecule has 1 aliphatic rings. The van der Waals surface area contributed by atoms with E-state index >= 15 is 0 Å². The predicted octanol–water partition coefficient (Wildman–Crippen LogP) is 3.54. The summed E-state index contributed by atoms with van der Waals surface area (Å²) in [5.74, 6) is 0. The number of thiazole rings is 1. The molecule has 0 radical (unpaired) electrons. The molecule has 1 aromatic carbocycles. The van der Waals surface area contributed by atoms with Gasteiger partial charge in [-0.25, -0.2) is 4.98 Å². The van der Waals surface area contributed by atoms with Gasteiger partial charge in [0.2, 0.25) is 0 Å². The second kappa shape index (κ2) is 4.63. The van der Waals surface area contributed by atoms with Crippen LogP contribution in [0.15, 0.2) is 18.2 Å². The molecule has 0 spiro atoms. The Morgan fingerprint density at radius 1 is 1.39 bits per heavy atom. The Balaban J connectivity index is 1.85. The lowest BCUT2D eigenvalue weighted by Crippen LogP contribution is -2.40. The third-order valence-electron chi connectivity index (χ3n) is 4.10. The average Bonchev–Trinajstić information content (AvgIpc) is 2.65. The molecule has 1 heterocycles. The first-order valence-electron chi connectivity index (χ1n) is 6.71. The van der Waals surface area contributed by atoms with Gasteiger partial charge in [0.15, 0.2) is 0 Å². The van der Waals surface area contributed by atoms with E-state index in [-0.39, 0.29) is 0 Å². The molecule has 2 aromatic rings. The van der Waals surface area contributed by atoms with E-state index in [1.165, 1.54) is 35.9 Å². The van der Waals surface area contributed by atoms with E-state index in [4.69, 9.17) is 0 Å². The van der Waals surface area contributed by atoms with Gasteiger partial charge in [0.05, 0.1) is 15.2 Å². The zero-order valence-corrected chi connectivity index (χ0v) is 11.9. The molecule has 3 heteroatoms. The fourth-order valence-corrected chi connectivity index (χ4v) is 3.99. The summed E-state index contributed by atoms with van der Waals surface area (Å²) in [4.78, 5) is 4.53. The Morgan fingerprint density at radius 3 is 2.89 bits per heavy atom. The van der Waals surface area contributed by atoms with E-state index in [1.807, 2.05) is 0 Å². The van der Waals surface area contributed by atoms with Crippen LogP contribution in [0, 0.1) is 12.3 Å². The Labute approximate surface area is 112 Å². The van der Waals surface area contributed by atoms with Crippen LogP contribution >= 0.6 is 11.3 Å². The topological polar surface area (TPSA) is 24.9 Å². The van der Waals surface area contributed by atoms with Crippen LogP contribution in [0.1, 0.15) is 29.8 Å². The Hall–Kier alpha value is -0.930. The molecule has 1 saturated carbocycles. The fourth-order valence-electron chi connectivity index (χ4n) is 3.10. The standard InChI is InChI=1S/C15H20N2S/c1-11-17-13-5-4-12(8-14(13)18-11)9-15(10-16-2)6-3-7-15/h4-5,8,16H,3,6-7,9-10H2,1-2H3. The molecule has 1 aromatic heterocycles. The predicted molar refractivity (Wildman–Crippen MR) is 78.3 cm³/mol. The SMILES string of the molecule is CNCC1(Cc2ccc3nc(C)sc3c2)CCC1. The molecule has 1 N–H and O–H groups in total. The molecule has 3 rings (SSSR count). The summed E-state index contributed by atoms with van der Waals surface area (Å²) in [6.07, 6.45) is 5.34. The molecule has 2 nitrogen and oxygen atoms in total. The molecule has 96 valence electrons. The zero-order chi connectivity index (χ0) is 12.6. The van der Waals surface area contributed by atoms with Crippen molar-refractivity contribution in [3.8, 4) is 0 Å². The summed E-state index contributed by atoms with van der Waals surface area (Å²) in [6.45, 7) is 3.23. The largest absolute Gasteiger partial charge is 0.319 e. The van der Waals surface area contributed by atoms with Crippen molar-refractivity contribution >= 4 is 21.6 Å². The number of aryl methyl sites for hydroxylation is 1. The molecule has 0 atom stereocenters. The Morgan fingerprint density at radius 2 is 2.22 bits per heavy atom. The number of nitrogens with one attached hydrogen (secondary N) is 1. The van der Waals surface area contributed by atoms with Crippen molar-refractivity contribution in [2.24, 2.45) is 5.41 Å². The highest BCUT2D eigenvalue weighted by molar-refractivity contribution is 7.18. The van der Waals surface area contributed by atoms with Crippen LogP contribution in [0.3, 0.4) is 0 Å². The van der Waals surface area contributed by atoms with Gasteiger partial charge in [-0.15, -0.1) is 11.3 Å². The van der Waals surface area contributed by atoms with Gasteiger partial charge in [-0.2, -0.15) is 0 Å². The number of aromatic nitrogens is 1. The highest BCUT2D eigenvalue weighted by Gasteiger charge is 2.36. The molecule has 0 aliphatic heterocycles. The van der Waals surface area contributed by atoms with Gasteiger partial charge >= 0.3 is 0 Å². The Kier molecular flexibility index (Phi) is 3.12. The van der Waals surface area contributed by atoms with Crippen molar-refractivity contribution in [3.05, 3.63) is 28.8 Å². The van der Waals surface area contributed by atoms with Crippen LogP contribution in [-0.4, -0.2) is 18.6 Å². The van der Waals surface area contributed by atoms with Gasteiger partial charge in [0.1, 0.15) is 0 Å². The second-order valence-corrected chi connectivity index (χ2v) is 6.83. The van der Waals surface area contributed by atoms with Crippen LogP contribution in [0.5, 0.6) is 0 Å². The first-order chi connectivity index (χ1) is 8.71. The molecular weight excluding hydrogens is 240 g/mol. The van der Waals surface area contributed by atoms with Crippen molar-refractivity contribution in [2.75, 3.05) is 13.6 Å². The van der Waals surface area contributed by atoms with Crippen molar-refractivity contribution in [1.29, 1.82) is 0 Å². The quantitative estimate of drug-likeness (QED) is 0.909. The van der Waals surface area contributed by atoms with Gasteiger partial charge in [-0.05, 0) is 56.3 Å². The van der Waals surface area contributed by atoms with Crippen molar-refractivity contribution in [2.45, 2.75) is 32.6 Å². The normalized spacial score (nSPS) is 17.9. The first-order valence-corrected chi connectivity index (χ1v) is 7.53. The lowest BCUT2D eigenvalue weighted by Gasteiger charge is -2.42. The summed E-state index contributed by atoms with van der Waals surface area (Å²) in [6, 6.07) is 6.78. The third kappa shape index (κ3) is 2.17. The average molecular weight is 260 g/mol. The fraction of sp³-hybridized carbons (Fsp3) is 0.533. The number of nitrogens with zero attached hydrogens (tertiary/aromatic N) is 1. The van der Waals surface area contributed by atoms with Crippen molar-refractivity contribution in [3.63, 3.8) is 0 Å². The lowest BCUT2D eigenvalue weighted by atomic mass is 9.65. The minimum absolute atomic E-state index is 0.516. The molecule has 1 aliphatic carbocycles. The van der Waals surface area contributed by atoms with Crippen LogP contribution in [-0.2, 0) is 6.42 Å². The van der Waals surface area contributed by atoms with E-state index in [1.54, 1.807) is 11.3 Å². The Bertz CT molecular complexity index is 555. The summed E-state index contributed by atoms with van der Waals surface area (Å²) >= 11 is 1.80. The number of rotatable bonds is 4. The van der Waals surface area contributed by atoms with E-state index in [0.29, 0.717) is 5.41 Å². The highest BCUT2D eigenvalue weighted by atomic mass is 32.1. The molecule has 0 amide bonds. The third-order valence-corrected chi connectivity index (χ3v) is 5.04. The number of fused-ring (bicyclic) bond motifs is 1. The highest BCUT2D eigenvalue weighted by Crippen LogP contribution is 2.43. The van der Waals surface area contributed by atoms with E-state index in [2.05, 4.69) is 42.5 Å². The molecule has 1 fully saturated rings. The number of hydrogen-bond acceptors (Lipinski definition) is 3. The van der Waals surface area contributed by atoms with Gasteiger partial charge in [0.25, 0.3) is 0 Å². The maximum absolute atomic E-state index is 4.53. The molecule has 0 unspecified atom stereocenters. The minimum Gasteiger partial charge on any atom is -0.319 e. The number of benzene rings is 1. The summed E-state index contributed by atoms with van der Waals surface area (Å²) < 4.78 is 1.34. The lowest BCUT2D eigenvalue weighted by molar-refractivity contribution is 0.133. The van der Waals surface area contributed by atoms with Crippen molar-refractivity contribution in [1.82, 2.24) is 10.3 Å².